The van der Waals surface area contributed by atoms with Gasteiger partial charge in [-0.25, -0.2) is 15.0 Å². The molecule has 0 spiro atoms. The van der Waals surface area contributed by atoms with E-state index in [-0.39, 0.29) is 0 Å². The van der Waals surface area contributed by atoms with E-state index in [1.54, 1.807) is 6.33 Å². The first-order valence-electron chi connectivity index (χ1n) is 9.77. The zero-order valence-corrected chi connectivity index (χ0v) is 16.0. The molecule has 7 nitrogen and oxygen atoms in total. The molecular weight excluding hydrogens is 364 g/mol. The molecule has 5 rings (SSSR count). The average molecular weight is 386 g/mol. The van der Waals surface area contributed by atoms with E-state index in [2.05, 4.69) is 60.1 Å². The fourth-order valence-electron chi connectivity index (χ4n) is 3.54. The normalized spacial score (nSPS) is 14.3. The molecule has 0 radical (unpaired) electrons. The topological polar surface area (TPSA) is 68.1 Å². The molecule has 29 heavy (non-hydrogen) atoms. The number of benzene rings is 2. The van der Waals surface area contributed by atoms with Crippen LogP contribution in [0.25, 0.3) is 16.7 Å². The van der Waals surface area contributed by atoms with Gasteiger partial charge in [-0.2, -0.15) is 0 Å². The summed E-state index contributed by atoms with van der Waals surface area (Å²) in [5.41, 5.74) is 4.39. The summed E-state index contributed by atoms with van der Waals surface area (Å²) in [5, 5.41) is 3.40. The van der Waals surface area contributed by atoms with E-state index >= 15 is 0 Å². The molecule has 0 atom stereocenters. The summed E-state index contributed by atoms with van der Waals surface area (Å²) in [7, 11) is 0. The quantitative estimate of drug-likeness (QED) is 0.568. The number of anilines is 2. The molecule has 4 aromatic rings. The Labute approximate surface area is 169 Å². The molecule has 1 aliphatic heterocycles. The van der Waals surface area contributed by atoms with Crippen LogP contribution in [0.15, 0.2) is 67.3 Å². The molecule has 1 saturated heterocycles. The molecule has 0 amide bonds. The standard InChI is InChI=1S/C22H22N6O/c1-2-4-20-19(3-1)26-16-28(20)18-7-5-17(6-8-18)14-23-21-13-22(25-15-24-21)27-9-11-29-12-10-27/h1-8,13,15-16H,9-12,14H2,(H,23,24,25). The maximum Gasteiger partial charge on any atom is 0.134 e. The van der Waals surface area contributed by atoms with Crippen LogP contribution in [0.1, 0.15) is 5.56 Å². The summed E-state index contributed by atoms with van der Waals surface area (Å²) in [4.78, 5) is 15.4. The summed E-state index contributed by atoms with van der Waals surface area (Å²) in [6, 6.07) is 18.6. The lowest BCUT2D eigenvalue weighted by atomic mass is 10.2. The molecular formula is C22H22N6O. The summed E-state index contributed by atoms with van der Waals surface area (Å²) in [6.45, 7) is 3.91. The number of hydrogen-bond acceptors (Lipinski definition) is 6. The number of para-hydroxylation sites is 2. The Hall–Kier alpha value is -3.45. The van der Waals surface area contributed by atoms with E-state index in [9.17, 15) is 0 Å². The predicted octanol–water partition coefficient (Wildman–Crippen LogP) is 3.26. The Morgan fingerprint density at radius 2 is 1.76 bits per heavy atom. The van der Waals surface area contributed by atoms with E-state index in [0.717, 1.165) is 54.7 Å². The van der Waals surface area contributed by atoms with Gasteiger partial charge < -0.3 is 15.0 Å². The lowest BCUT2D eigenvalue weighted by molar-refractivity contribution is 0.122. The molecule has 0 aliphatic carbocycles. The van der Waals surface area contributed by atoms with Crippen molar-refractivity contribution in [3.8, 4) is 5.69 Å². The minimum atomic E-state index is 0.699. The fourth-order valence-corrected chi connectivity index (χ4v) is 3.54. The molecule has 146 valence electrons. The lowest BCUT2D eigenvalue weighted by Gasteiger charge is -2.27. The average Bonchev–Trinajstić information content (AvgIpc) is 3.23. The molecule has 1 fully saturated rings. The Morgan fingerprint density at radius 1 is 0.931 bits per heavy atom. The van der Waals surface area contributed by atoms with Gasteiger partial charge in [0.2, 0.25) is 0 Å². The van der Waals surface area contributed by atoms with E-state index < -0.39 is 0 Å². The van der Waals surface area contributed by atoms with Crippen LogP contribution < -0.4 is 10.2 Å². The summed E-state index contributed by atoms with van der Waals surface area (Å²) < 4.78 is 7.51. The van der Waals surface area contributed by atoms with Crippen molar-refractivity contribution in [2.75, 3.05) is 36.5 Å². The van der Waals surface area contributed by atoms with Gasteiger partial charge in [-0.15, -0.1) is 0 Å². The Kier molecular flexibility index (Phi) is 4.80. The Morgan fingerprint density at radius 3 is 2.62 bits per heavy atom. The largest absolute Gasteiger partial charge is 0.378 e. The first-order chi connectivity index (χ1) is 14.4. The minimum absolute atomic E-state index is 0.699. The third-order valence-electron chi connectivity index (χ3n) is 5.13. The van der Waals surface area contributed by atoms with Crippen molar-refractivity contribution in [2.45, 2.75) is 6.54 Å². The highest BCUT2D eigenvalue weighted by atomic mass is 16.5. The smallest absolute Gasteiger partial charge is 0.134 e. The second-order valence-electron chi connectivity index (χ2n) is 6.98. The number of nitrogens with one attached hydrogen (secondary N) is 1. The zero-order valence-electron chi connectivity index (χ0n) is 16.0. The van der Waals surface area contributed by atoms with E-state index in [1.807, 2.05) is 30.6 Å². The van der Waals surface area contributed by atoms with Crippen molar-refractivity contribution in [1.82, 2.24) is 19.5 Å². The van der Waals surface area contributed by atoms with E-state index in [4.69, 9.17) is 4.74 Å². The second kappa shape index (κ2) is 7.89. The fraction of sp³-hybridized carbons (Fsp3) is 0.227. The molecule has 0 saturated carbocycles. The summed E-state index contributed by atoms with van der Waals surface area (Å²) in [5.74, 6) is 1.76. The molecule has 1 aliphatic rings. The SMILES string of the molecule is c1ccc2c(c1)ncn2-c1ccc(CNc2cc(N3CCOCC3)ncn2)cc1. The molecule has 7 heteroatoms. The molecule has 1 N–H and O–H groups in total. The first-order valence-corrected chi connectivity index (χ1v) is 9.77. The molecule has 3 heterocycles. The van der Waals surface area contributed by atoms with Crippen LogP contribution in [0.2, 0.25) is 0 Å². The van der Waals surface area contributed by atoms with Gasteiger partial charge in [-0.1, -0.05) is 24.3 Å². The van der Waals surface area contributed by atoms with Crippen LogP contribution in [-0.4, -0.2) is 45.8 Å². The number of ether oxygens (including phenoxy) is 1. The van der Waals surface area contributed by atoms with Crippen LogP contribution in [0.5, 0.6) is 0 Å². The van der Waals surface area contributed by atoms with Crippen LogP contribution >= 0.6 is 0 Å². The van der Waals surface area contributed by atoms with Crippen LogP contribution in [0.4, 0.5) is 11.6 Å². The van der Waals surface area contributed by atoms with Gasteiger partial charge in [0, 0.05) is 31.4 Å². The van der Waals surface area contributed by atoms with Crippen molar-refractivity contribution in [3.63, 3.8) is 0 Å². The monoisotopic (exact) mass is 386 g/mol. The van der Waals surface area contributed by atoms with Crippen LogP contribution in [0.3, 0.4) is 0 Å². The lowest BCUT2D eigenvalue weighted by Crippen LogP contribution is -2.36. The van der Waals surface area contributed by atoms with Crippen LogP contribution in [0, 0.1) is 0 Å². The molecule has 2 aromatic carbocycles. The van der Waals surface area contributed by atoms with E-state index in [1.165, 1.54) is 5.56 Å². The zero-order chi connectivity index (χ0) is 19.5. The predicted molar refractivity (Wildman–Crippen MR) is 113 cm³/mol. The van der Waals surface area contributed by atoms with Gasteiger partial charge in [0.05, 0.1) is 24.2 Å². The first kappa shape index (κ1) is 17.6. The second-order valence-corrected chi connectivity index (χ2v) is 6.98. The highest BCUT2D eigenvalue weighted by molar-refractivity contribution is 5.77. The molecule has 0 bridgehead atoms. The maximum absolute atomic E-state index is 5.41. The number of nitrogens with zero attached hydrogens (tertiary/aromatic N) is 5. The van der Waals surface area contributed by atoms with Crippen LogP contribution in [-0.2, 0) is 11.3 Å². The third kappa shape index (κ3) is 3.77. The summed E-state index contributed by atoms with van der Waals surface area (Å²) >= 11 is 0. The van der Waals surface area contributed by atoms with Gasteiger partial charge in [0.15, 0.2) is 0 Å². The highest BCUT2D eigenvalue weighted by Gasteiger charge is 2.13. The van der Waals surface area contributed by atoms with Crippen molar-refractivity contribution in [1.29, 1.82) is 0 Å². The van der Waals surface area contributed by atoms with Gasteiger partial charge >= 0.3 is 0 Å². The molecule has 2 aromatic heterocycles. The number of aromatic nitrogens is 4. The number of imidazole rings is 1. The maximum atomic E-state index is 5.41. The number of rotatable bonds is 5. The van der Waals surface area contributed by atoms with Crippen molar-refractivity contribution in [3.05, 3.63) is 72.8 Å². The number of morpholine rings is 1. The highest BCUT2D eigenvalue weighted by Crippen LogP contribution is 2.19. The van der Waals surface area contributed by atoms with E-state index in [0.29, 0.717) is 6.54 Å². The van der Waals surface area contributed by atoms with Crippen molar-refractivity contribution >= 4 is 22.7 Å². The third-order valence-corrected chi connectivity index (χ3v) is 5.13. The van der Waals surface area contributed by atoms with Gasteiger partial charge in [-0.05, 0) is 29.8 Å². The molecule has 0 unspecified atom stereocenters. The van der Waals surface area contributed by atoms with Gasteiger partial charge in [-0.3, -0.25) is 4.57 Å². The van der Waals surface area contributed by atoms with Crippen molar-refractivity contribution < 1.29 is 4.74 Å². The van der Waals surface area contributed by atoms with Gasteiger partial charge in [0.1, 0.15) is 24.3 Å². The van der Waals surface area contributed by atoms with Gasteiger partial charge in [0.25, 0.3) is 0 Å². The van der Waals surface area contributed by atoms with Crippen molar-refractivity contribution in [2.24, 2.45) is 0 Å². The Bertz CT molecular complexity index is 1100. The summed E-state index contributed by atoms with van der Waals surface area (Å²) in [6.07, 6.45) is 3.48. The minimum Gasteiger partial charge on any atom is -0.378 e. The number of fused-ring (bicyclic) bond motifs is 1. The Balaban J connectivity index is 1.27. The number of hydrogen-bond donors (Lipinski definition) is 1.